The number of hydrogen-bond donors (Lipinski definition) is 3. The zero-order valence-electron chi connectivity index (χ0n) is 15.1. The lowest BCUT2D eigenvalue weighted by Crippen LogP contribution is -2.29. The summed E-state index contributed by atoms with van der Waals surface area (Å²) in [6.07, 6.45) is 1.62. The zero-order chi connectivity index (χ0) is 19.7. The van der Waals surface area contributed by atoms with Gasteiger partial charge in [0.05, 0.1) is 6.61 Å². The summed E-state index contributed by atoms with van der Waals surface area (Å²) in [5, 5.41) is 13.8. The van der Waals surface area contributed by atoms with Gasteiger partial charge in [0.25, 0.3) is 5.91 Å². The van der Waals surface area contributed by atoms with Crippen LogP contribution in [0.3, 0.4) is 0 Å². The number of aliphatic carboxylic acids is 1. The molecule has 2 aliphatic rings. The molecule has 0 unspecified atom stereocenters. The van der Waals surface area contributed by atoms with Crippen molar-refractivity contribution < 1.29 is 24.2 Å². The zero-order valence-corrected chi connectivity index (χ0v) is 15.1. The van der Waals surface area contributed by atoms with Gasteiger partial charge < -0.3 is 20.5 Å². The van der Waals surface area contributed by atoms with E-state index < -0.39 is 18.4 Å². The number of ether oxygens (including phenoxy) is 1. The molecule has 2 amide bonds. The number of fused-ring (bicyclic) bond motifs is 2. The smallest absolute Gasteiger partial charge is 0.322 e. The highest BCUT2D eigenvalue weighted by molar-refractivity contribution is 5.98. The van der Waals surface area contributed by atoms with Gasteiger partial charge in [0.15, 0.2) is 0 Å². The molecule has 1 saturated carbocycles. The van der Waals surface area contributed by atoms with Crippen LogP contribution >= 0.6 is 0 Å². The number of nitrogens with one attached hydrogen (secondary N) is 2. The van der Waals surface area contributed by atoms with E-state index in [1.165, 1.54) is 0 Å². The first-order chi connectivity index (χ1) is 13.5. The Morgan fingerprint density at radius 2 is 1.86 bits per heavy atom. The summed E-state index contributed by atoms with van der Waals surface area (Å²) in [6, 6.07) is 14.3. The molecule has 7 nitrogen and oxygen atoms in total. The van der Waals surface area contributed by atoms with Gasteiger partial charge in [0, 0.05) is 28.1 Å². The Morgan fingerprint density at radius 3 is 2.61 bits per heavy atom. The van der Waals surface area contributed by atoms with Gasteiger partial charge in [-0.3, -0.25) is 14.4 Å². The van der Waals surface area contributed by atoms with Crippen molar-refractivity contribution in [3.8, 4) is 5.75 Å². The maximum Gasteiger partial charge on any atom is 0.322 e. The number of hydrogen-bond acceptors (Lipinski definition) is 4. The summed E-state index contributed by atoms with van der Waals surface area (Å²) in [6.45, 7) is 0.174. The Kier molecular flexibility index (Phi) is 4.50. The number of rotatable bonds is 5. The molecule has 0 bridgehead atoms. The third kappa shape index (κ3) is 3.31. The molecule has 2 aromatic carbocycles. The molecule has 1 aliphatic carbocycles. The van der Waals surface area contributed by atoms with Gasteiger partial charge in [-0.1, -0.05) is 18.2 Å². The Labute approximate surface area is 161 Å². The van der Waals surface area contributed by atoms with E-state index in [1.54, 1.807) is 24.3 Å². The van der Waals surface area contributed by atoms with Gasteiger partial charge in [-0.05, 0) is 43.2 Å². The van der Waals surface area contributed by atoms with Gasteiger partial charge in [0.2, 0.25) is 5.91 Å². The second-order valence-electron chi connectivity index (χ2n) is 7.15. The quantitative estimate of drug-likeness (QED) is 0.737. The minimum absolute atomic E-state index is 0.0419. The van der Waals surface area contributed by atoms with E-state index in [2.05, 4.69) is 10.6 Å². The number of para-hydroxylation sites is 1. The molecule has 0 radical (unpaired) electrons. The Hall–Kier alpha value is -3.35. The minimum atomic E-state index is -1.11. The van der Waals surface area contributed by atoms with E-state index >= 15 is 0 Å². The first-order valence-electron chi connectivity index (χ1n) is 9.13. The lowest BCUT2D eigenvalue weighted by Gasteiger charge is -2.26. The molecule has 144 valence electrons. The van der Waals surface area contributed by atoms with E-state index in [4.69, 9.17) is 9.84 Å². The highest BCUT2D eigenvalue weighted by atomic mass is 16.5. The third-order valence-electron chi connectivity index (χ3n) is 5.44. The second-order valence-corrected chi connectivity index (χ2v) is 7.15. The molecule has 7 heteroatoms. The summed E-state index contributed by atoms with van der Waals surface area (Å²) in [5.41, 5.74) is 1.89. The lowest BCUT2D eigenvalue weighted by molar-refractivity contribution is -0.135. The molecule has 1 heterocycles. The van der Waals surface area contributed by atoms with Crippen molar-refractivity contribution in [1.29, 1.82) is 0 Å². The van der Waals surface area contributed by atoms with E-state index in [0.29, 0.717) is 17.9 Å². The van der Waals surface area contributed by atoms with Crippen molar-refractivity contribution in [3.63, 3.8) is 0 Å². The van der Waals surface area contributed by atoms with Crippen LogP contribution < -0.4 is 15.4 Å². The molecule has 4 rings (SSSR count). The molecule has 2 atom stereocenters. The van der Waals surface area contributed by atoms with Crippen LogP contribution in [0.2, 0.25) is 0 Å². The second kappa shape index (κ2) is 6.99. The summed E-state index contributed by atoms with van der Waals surface area (Å²) < 4.78 is 5.71. The van der Waals surface area contributed by atoms with E-state index in [1.807, 2.05) is 24.3 Å². The van der Waals surface area contributed by atoms with Crippen LogP contribution in [-0.2, 0) is 15.0 Å². The third-order valence-corrected chi connectivity index (χ3v) is 5.44. The van der Waals surface area contributed by atoms with E-state index in [9.17, 15) is 14.4 Å². The molecular weight excluding hydrogens is 360 g/mol. The highest BCUT2D eigenvalue weighted by Crippen LogP contribution is 2.60. The Morgan fingerprint density at radius 1 is 1.11 bits per heavy atom. The fourth-order valence-electron chi connectivity index (χ4n) is 3.90. The average molecular weight is 380 g/mol. The Balaban J connectivity index is 1.40. The molecular formula is C21H20N2O5. The van der Waals surface area contributed by atoms with Crippen LogP contribution in [0.25, 0.3) is 0 Å². The number of carbonyl (C=O) groups is 3. The standard InChI is InChI=1S/C21H20N2O5/c24-18(25)12-22-19(26)13-5-7-14(8-6-13)23-20(27)16-11-21(16)9-10-28-17-4-2-1-3-15(17)21/h1-8,16H,9-12H2,(H,22,26)(H,23,27)(H,24,25)/t16-,21-/m0/s1. The fraction of sp³-hybridized carbons (Fsp3) is 0.286. The molecule has 3 N–H and O–H groups in total. The van der Waals surface area contributed by atoms with Crippen LogP contribution in [0.15, 0.2) is 48.5 Å². The number of carboxylic acid groups (broad SMARTS) is 1. The lowest BCUT2D eigenvalue weighted by atomic mass is 9.87. The SMILES string of the molecule is O=C(O)CNC(=O)c1ccc(NC(=O)[C@@H]2C[C@]23CCOc2ccccc23)cc1. The molecule has 1 aliphatic heterocycles. The van der Waals surface area contributed by atoms with Gasteiger partial charge in [-0.2, -0.15) is 0 Å². The number of benzene rings is 2. The molecule has 2 aromatic rings. The van der Waals surface area contributed by atoms with Crippen molar-refractivity contribution >= 4 is 23.5 Å². The molecule has 28 heavy (non-hydrogen) atoms. The predicted molar refractivity (Wildman–Crippen MR) is 101 cm³/mol. The van der Waals surface area contributed by atoms with Crippen molar-refractivity contribution in [1.82, 2.24) is 5.32 Å². The maximum absolute atomic E-state index is 12.8. The highest BCUT2D eigenvalue weighted by Gasteiger charge is 2.60. The van der Waals surface area contributed by atoms with Crippen molar-refractivity contribution in [3.05, 3.63) is 59.7 Å². The van der Waals surface area contributed by atoms with Crippen LogP contribution in [0.5, 0.6) is 5.75 Å². The van der Waals surface area contributed by atoms with Gasteiger partial charge >= 0.3 is 5.97 Å². The topological polar surface area (TPSA) is 105 Å². The van der Waals surface area contributed by atoms with Crippen LogP contribution in [0.1, 0.15) is 28.8 Å². The van der Waals surface area contributed by atoms with Crippen LogP contribution in [-0.4, -0.2) is 36.0 Å². The average Bonchev–Trinajstić information content (AvgIpc) is 3.42. The number of amides is 2. The largest absolute Gasteiger partial charge is 0.493 e. The maximum atomic E-state index is 12.8. The van der Waals surface area contributed by atoms with Crippen LogP contribution in [0, 0.1) is 5.92 Å². The minimum Gasteiger partial charge on any atom is -0.493 e. The summed E-state index contributed by atoms with van der Waals surface area (Å²) in [7, 11) is 0. The van der Waals surface area contributed by atoms with Gasteiger partial charge in [0.1, 0.15) is 12.3 Å². The molecule has 1 fully saturated rings. The summed E-state index contributed by atoms with van der Waals surface area (Å²) in [5.74, 6) is -0.859. The molecule has 1 spiro atoms. The van der Waals surface area contributed by atoms with E-state index in [-0.39, 0.29) is 17.2 Å². The predicted octanol–water partition coefficient (Wildman–Crippen LogP) is 2.18. The van der Waals surface area contributed by atoms with E-state index in [0.717, 1.165) is 24.2 Å². The van der Waals surface area contributed by atoms with Crippen LogP contribution in [0.4, 0.5) is 5.69 Å². The number of carboxylic acids is 1. The fourth-order valence-corrected chi connectivity index (χ4v) is 3.90. The first-order valence-corrected chi connectivity index (χ1v) is 9.13. The van der Waals surface area contributed by atoms with Gasteiger partial charge in [-0.15, -0.1) is 0 Å². The number of anilines is 1. The van der Waals surface area contributed by atoms with Crippen molar-refractivity contribution in [2.45, 2.75) is 18.3 Å². The molecule has 0 saturated heterocycles. The van der Waals surface area contributed by atoms with Gasteiger partial charge in [-0.25, -0.2) is 0 Å². The monoisotopic (exact) mass is 380 g/mol. The van der Waals surface area contributed by atoms with Crippen molar-refractivity contribution in [2.24, 2.45) is 5.92 Å². The Bertz CT molecular complexity index is 940. The normalized spacial score (nSPS) is 21.9. The van der Waals surface area contributed by atoms with Crippen molar-refractivity contribution in [2.75, 3.05) is 18.5 Å². The number of carbonyl (C=O) groups excluding carboxylic acids is 2. The first kappa shape index (κ1) is 18.0. The molecule has 0 aromatic heterocycles. The summed E-state index contributed by atoms with van der Waals surface area (Å²) >= 11 is 0. The summed E-state index contributed by atoms with van der Waals surface area (Å²) in [4.78, 5) is 35.1.